The van der Waals surface area contributed by atoms with Gasteiger partial charge in [0.2, 0.25) is 17.1 Å². The average molecular weight is 302 g/mol. The first-order valence-electron chi connectivity index (χ1n) is 6.61. The predicted octanol–water partition coefficient (Wildman–Crippen LogP) is 1.59. The highest BCUT2D eigenvalue weighted by atomic mass is 35.5. The lowest BCUT2D eigenvalue weighted by Gasteiger charge is -2.23. The molecule has 8 heteroatoms. The smallest absolute Gasteiger partial charge is 0.322 e. The summed E-state index contributed by atoms with van der Waals surface area (Å²) < 4.78 is 5.18. The van der Waals surface area contributed by atoms with Gasteiger partial charge in [0.05, 0.1) is 6.61 Å². The highest BCUT2D eigenvalue weighted by Crippen LogP contribution is 2.12. The van der Waals surface area contributed by atoms with Crippen LogP contribution < -0.4 is 10.1 Å². The number of hydrogen-bond donors (Lipinski definition) is 1. The Labute approximate surface area is 123 Å². The van der Waals surface area contributed by atoms with Crippen LogP contribution in [0.3, 0.4) is 0 Å². The zero-order chi connectivity index (χ0) is 15.1. The van der Waals surface area contributed by atoms with Gasteiger partial charge in [-0.05, 0) is 39.3 Å². The van der Waals surface area contributed by atoms with E-state index in [0.717, 1.165) is 0 Å². The highest BCUT2D eigenvalue weighted by molar-refractivity contribution is 6.28. The van der Waals surface area contributed by atoms with Gasteiger partial charge in [-0.1, -0.05) is 0 Å². The van der Waals surface area contributed by atoms with E-state index < -0.39 is 6.04 Å². The van der Waals surface area contributed by atoms with Gasteiger partial charge in [0, 0.05) is 13.1 Å². The van der Waals surface area contributed by atoms with Crippen LogP contribution in [0.2, 0.25) is 5.28 Å². The van der Waals surface area contributed by atoms with E-state index >= 15 is 0 Å². The van der Waals surface area contributed by atoms with Gasteiger partial charge in [0.25, 0.3) is 0 Å². The largest absolute Gasteiger partial charge is 0.464 e. The summed E-state index contributed by atoms with van der Waals surface area (Å²) >= 11 is 5.79. The molecule has 0 aliphatic carbocycles. The molecule has 1 heterocycles. The lowest BCUT2D eigenvalue weighted by molar-refractivity contribution is -0.131. The third-order valence-electron chi connectivity index (χ3n) is 2.65. The Morgan fingerprint density at radius 3 is 2.50 bits per heavy atom. The summed E-state index contributed by atoms with van der Waals surface area (Å²) in [5, 5.41) is 2.93. The zero-order valence-corrected chi connectivity index (χ0v) is 12.9. The third-order valence-corrected chi connectivity index (χ3v) is 2.82. The second-order valence-electron chi connectivity index (χ2n) is 4.02. The van der Waals surface area contributed by atoms with Crippen molar-refractivity contribution in [1.82, 2.24) is 19.9 Å². The fraction of sp³-hybridized carbons (Fsp3) is 0.667. The number of ether oxygens (including phenoxy) is 1. The molecule has 0 fully saturated rings. The highest BCUT2D eigenvalue weighted by Gasteiger charge is 2.19. The number of aromatic nitrogens is 3. The van der Waals surface area contributed by atoms with Gasteiger partial charge in [0.15, 0.2) is 0 Å². The molecule has 1 N–H and O–H groups in total. The maximum absolute atomic E-state index is 12.1. The molecule has 1 atom stereocenters. The summed E-state index contributed by atoms with van der Waals surface area (Å²) in [6.07, 6.45) is 0. The number of hydrogen-bond acceptors (Lipinski definition) is 6. The van der Waals surface area contributed by atoms with Crippen LogP contribution in [0, 0.1) is 0 Å². The van der Waals surface area contributed by atoms with Gasteiger partial charge in [0.1, 0.15) is 6.04 Å². The number of nitrogens with zero attached hydrogens (tertiary/aromatic N) is 4. The van der Waals surface area contributed by atoms with Crippen LogP contribution in [-0.2, 0) is 4.79 Å². The maximum Gasteiger partial charge on any atom is 0.322 e. The Kier molecular flexibility index (Phi) is 6.44. The van der Waals surface area contributed by atoms with Gasteiger partial charge >= 0.3 is 6.01 Å². The molecule has 7 nitrogen and oxygen atoms in total. The van der Waals surface area contributed by atoms with Crippen LogP contribution in [0.4, 0.5) is 5.95 Å². The minimum absolute atomic E-state index is 0.0217. The number of rotatable bonds is 7. The van der Waals surface area contributed by atoms with Crippen molar-refractivity contribution < 1.29 is 9.53 Å². The summed E-state index contributed by atoms with van der Waals surface area (Å²) in [6, 6.07) is -0.319. The molecule has 0 spiro atoms. The molecule has 0 radical (unpaired) electrons. The summed E-state index contributed by atoms with van der Waals surface area (Å²) in [5.74, 6) is 0.200. The molecule has 20 heavy (non-hydrogen) atoms. The third kappa shape index (κ3) is 4.48. The Balaban J connectivity index is 2.79. The number of likely N-dealkylation sites (N-methyl/N-ethyl adjacent to an activating group) is 1. The summed E-state index contributed by atoms with van der Waals surface area (Å²) in [7, 11) is 0. The molecule has 1 amide bonds. The quantitative estimate of drug-likeness (QED) is 0.824. The SMILES string of the molecule is CCOc1nc(Cl)nc(NC(C)C(=O)N(CC)CC)n1. The van der Waals surface area contributed by atoms with Crippen molar-refractivity contribution >= 4 is 23.5 Å². The number of halogens is 1. The first kappa shape index (κ1) is 16.4. The molecule has 0 aromatic carbocycles. The van der Waals surface area contributed by atoms with Crippen LogP contribution in [0.5, 0.6) is 6.01 Å². The lowest BCUT2D eigenvalue weighted by atomic mass is 10.3. The predicted molar refractivity (Wildman–Crippen MR) is 77.0 cm³/mol. The van der Waals surface area contributed by atoms with E-state index in [1.165, 1.54) is 0 Å². The summed E-state index contributed by atoms with van der Waals surface area (Å²) in [5.41, 5.74) is 0. The normalized spacial score (nSPS) is 11.8. The molecule has 1 aromatic rings. The second kappa shape index (κ2) is 7.84. The van der Waals surface area contributed by atoms with Crippen LogP contribution in [0.1, 0.15) is 27.7 Å². The van der Waals surface area contributed by atoms with Crippen molar-refractivity contribution in [3.63, 3.8) is 0 Å². The van der Waals surface area contributed by atoms with Crippen molar-refractivity contribution in [3.8, 4) is 6.01 Å². The topological polar surface area (TPSA) is 80.2 Å². The monoisotopic (exact) mass is 301 g/mol. The number of anilines is 1. The number of carbonyl (C=O) groups excluding carboxylic acids is 1. The van der Waals surface area contributed by atoms with E-state index in [-0.39, 0.29) is 23.1 Å². The molecule has 0 aliphatic heterocycles. The minimum Gasteiger partial charge on any atom is -0.464 e. The maximum atomic E-state index is 12.1. The van der Waals surface area contributed by atoms with Crippen molar-refractivity contribution in [1.29, 1.82) is 0 Å². The van der Waals surface area contributed by atoms with Gasteiger partial charge in [-0.15, -0.1) is 0 Å². The Morgan fingerprint density at radius 1 is 1.30 bits per heavy atom. The average Bonchev–Trinajstić information content (AvgIpc) is 2.39. The Bertz CT molecular complexity index is 453. The molecular formula is C12H20ClN5O2. The van der Waals surface area contributed by atoms with E-state index in [2.05, 4.69) is 20.3 Å². The molecule has 0 aliphatic rings. The molecule has 112 valence electrons. The molecular weight excluding hydrogens is 282 g/mol. The van der Waals surface area contributed by atoms with E-state index in [9.17, 15) is 4.79 Å². The fourth-order valence-electron chi connectivity index (χ4n) is 1.65. The van der Waals surface area contributed by atoms with Crippen LogP contribution in [0.15, 0.2) is 0 Å². The van der Waals surface area contributed by atoms with E-state index in [1.54, 1.807) is 11.8 Å². The lowest BCUT2D eigenvalue weighted by Crippen LogP contribution is -2.41. The van der Waals surface area contributed by atoms with Crippen molar-refractivity contribution in [2.75, 3.05) is 25.0 Å². The molecule has 0 saturated carbocycles. The molecule has 1 aromatic heterocycles. The fourth-order valence-corrected chi connectivity index (χ4v) is 1.81. The minimum atomic E-state index is -0.456. The van der Waals surface area contributed by atoms with Crippen molar-refractivity contribution in [3.05, 3.63) is 5.28 Å². The van der Waals surface area contributed by atoms with Crippen molar-refractivity contribution in [2.45, 2.75) is 33.7 Å². The van der Waals surface area contributed by atoms with Crippen LogP contribution in [0.25, 0.3) is 0 Å². The molecule has 0 bridgehead atoms. The number of amides is 1. The molecule has 0 saturated heterocycles. The van der Waals surface area contributed by atoms with E-state index in [1.807, 2.05) is 20.8 Å². The Morgan fingerprint density at radius 2 is 1.95 bits per heavy atom. The zero-order valence-electron chi connectivity index (χ0n) is 12.2. The number of carbonyl (C=O) groups is 1. The van der Waals surface area contributed by atoms with Crippen molar-refractivity contribution in [2.24, 2.45) is 0 Å². The first-order chi connectivity index (χ1) is 9.51. The van der Waals surface area contributed by atoms with Crippen LogP contribution in [-0.4, -0.2) is 51.5 Å². The van der Waals surface area contributed by atoms with Gasteiger partial charge in [-0.3, -0.25) is 4.79 Å². The summed E-state index contributed by atoms with van der Waals surface area (Å²) in [6.45, 7) is 9.17. The van der Waals surface area contributed by atoms with Gasteiger partial charge in [-0.2, -0.15) is 15.0 Å². The number of nitrogens with one attached hydrogen (secondary N) is 1. The van der Waals surface area contributed by atoms with E-state index in [4.69, 9.17) is 16.3 Å². The van der Waals surface area contributed by atoms with Gasteiger partial charge < -0.3 is 15.0 Å². The molecule has 1 rings (SSSR count). The standard InChI is InChI=1S/C12H20ClN5O2/c1-5-18(6-2)9(19)8(4)14-11-15-10(13)16-12(17-11)20-7-3/h8H,5-7H2,1-4H3,(H,14,15,16,17). The van der Waals surface area contributed by atoms with Gasteiger partial charge in [-0.25, -0.2) is 0 Å². The molecule has 1 unspecified atom stereocenters. The Hall–Kier alpha value is -1.63. The van der Waals surface area contributed by atoms with Crippen LogP contribution >= 0.6 is 11.6 Å². The first-order valence-corrected chi connectivity index (χ1v) is 6.99. The van der Waals surface area contributed by atoms with E-state index in [0.29, 0.717) is 19.7 Å². The second-order valence-corrected chi connectivity index (χ2v) is 4.36. The summed E-state index contributed by atoms with van der Waals surface area (Å²) in [4.78, 5) is 25.7.